The van der Waals surface area contributed by atoms with Gasteiger partial charge in [-0.25, -0.2) is 0 Å². The molecule has 0 aliphatic carbocycles. The largest absolute Gasteiger partial charge is 0.383 e. The predicted molar refractivity (Wildman–Crippen MR) is 88.1 cm³/mol. The third-order valence-corrected chi connectivity index (χ3v) is 4.75. The smallest absolute Gasteiger partial charge is 0.0340 e. The molecule has 0 aromatic heterocycles. The first-order valence-corrected chi connectivity index (χ1v) is 8.20. The van der Waals surface area contributed by atoms with Gasteiger partial charge in [0.15, 0.2) is 0 Å². The summed E-state index contributed by atoms with van der Waals surface area (Å²) in [7, 11) is 0. The maximum absolute atomic E-state index is 3.55. The van der Waals surface area contributed by atoms with E-state index in [2.05, 4.69) is 61.3 Å². The van der Waals surface area contributed by atoms with E-state index >= 15 is 0 Å². The Morgan fingerprint density at radius 2 is 1.85 bits per heavy atom. The van der Waals surface area contributed by atoms with Crippen molar-refractivity contribution in [1.82, 2.24) is 4.90 Å². The van der Waals surface area contributed by atoms with Crippen molar-refractivity contribution in [1.29, 1.82) is 0 Å². The Morgan fingerprint density at radius 1 is 1.10 bits per heavy atom. The lowest BCUT2D eigenvalue weighted by Crippen LogP contribution is -2.38. The summed E-state index contributed by atoms with van der Waals surface area (Å²) in [5, 5.41) is 3.55. The van der Waals surface area contributed by atoms with Crippen molar-refractivity contribution in [2.45, 2.75) is 46.1 Å². The molecule has 1 aliphatic rings. The number of hydrogen-bond donors (Lipinski definition) is 1. The first-order chi connectivity index (χ1) is 9.66. The summed E-state index contributed by atoms with van der Waals surface area (Å²) in [5.74, 6) is 1.77. The van der Waals surface area contributed by atoms with Gasteiger partial charge in [0.2, 0.25) is 0 Å². The molecule has 0 saturated carbocycles. The van der Waals surface area contributed by atoms with Gasteiger partial charge in [-0.15, -0.1) is 0 Å². The SMILES string of the molecule is CC(C)C1CCCN(C(C)CNc2ccccc2)CC1. The van der Waals surface area contributed by atoms with E-state index < -0.39 is 0 Å². The highest BCUT2D eigenvalue weighted by Gasteiger charge is 2.22. The van der Waals surface area contributed by atoms with Gasteiger partial charge < -0.3 is 5.32 Å². The van der Waals surface area contributed by atoms with Gasteiger partial charge in [-0.1, -0.05) is 32.0 Å². The van der Waals surface area contributed by atoms with Crippen LogP contribution in [0.25, 0.3) is 0 Å². The van der Waals surface area contributed by atoms with Crippen LogP contribution in [0.2, 0.25) is 0 Å². The number of rotatable bonds is 5. The topological polar surface area (TPSA) is 15.3 Å². The number of anilines is 1. The molecule has 2 atom stereocenters. The first kappa shape index (κ1) is 15.4. The summed E-state index contributed by atoms with van der Waals surface area (Å²) >= 11 is 0. The minimum atomic E-state index is 0.612. The van der Waals surface area contributed by atoms with E-state index in [4.69, 9.17) is 0 Å². The average molecular weight is 274 g/mol. The Kier molecular flexibility index (Phi) is 5.90. The molecule has 2 nitrogen and oxygen atoms in total. The Labute approximate surface area is 124 Å². The third kappa shape index (κ3) is 4.52. The van der Waals surface area contributed by atoms with Crippen molar-refractivity contribution in [2.75, 3.05) is 25.0 Å². The van der Waals surface area contributed by atoms with E-state index in [1.807, 2.05) is 0 Å². The van der Waals surface area contributed by atoms with E-state index in [9.17, 15) is 0 Å². The van der Waals surface area contributed by atoms with Crippen LogP contribution in [-0.2, 0) is 0 Å². The minimum Gasteiger partial charge on any atom is -0.383 e. The molecule has 1 saturated heterocycles. The van der Waals surface area contributed by atoms with Crippen LogP contribution in [0, 0.1) is 11.8 Å². The van der Waals surface area contributed by atoms with Crippen molar-refractivity contribution >= 4 is 5.69 Å². The normalized spacial score (nSPS) is 22.5. The summed E-state index contributed by atoms with van der Waals surface area (Å²) in [5.41, 5.74) is 1.23. The van der Waals surface area contributed by atoms with E-state index in [1.165, 1.54) is 38.0 Å². The second-order valence-corrected chi connectivity index (χ2v) is 6.57. The van der Waals surface area contributed by atoms with Gasteiger partial charge in [-0.3, -0.25) is 4.90 Å². The molecule has 1 aromatic carbocycles. The molecular weight excluding hydrogens is 244 g/mol. The summed E-state index contributed by atoms with van der Waals surface area (Å²) < 4.78 is 0. The quantitative estimate of drug-likeness (QED) is 0.863. The lowest BCUT2D eigenvalue weighted by atomic mass is 9.89. The van der Waals surface area contributed by atoms with Crippen LogP contribution in [0.15, 0.2) is 30.3 Å². The number of para-hydroxylation sites is 1. The predicted octanol–water partition coefficient (Wildman–Crippen LogP) is 4.25. The number of nitrogens with zero attached hydrogens (tertiary/aromatic N) is 1. The van der Waals surface area contributed by atoms with E-state index in [1.54, 1.807) is 0 Å². The summed E-state index contributed by atoms with van der Waals surface area (Å²) in [6, 6.07) is 11.1. The second-order valence-electron chi connectivity index (χ2n) is 6.57. The average Bonchev–Trinajstić information content (AvgIpc) is 2.72. The van der Waals surface area contributed by atoms with Gasteiger partial charge in [0.1, 0.15) is 0 Å². The standard InChI is InChI=1S/C18H30N2/c1-15(2)17-8-7-12-20(13-11-17)16(3)14-19-18-9-5-4-6-10-18/h4-6,9-10,15-17,19H,7-8,11-14H2,1-3H3. The summed E-state index contributed by atoms with van der Waals surface area (Å²) in [4.78, 5) is 2.66. The molecule has 0 spiro atoms. The van der Waals surface area contributed by atoms with Crippen LogP contribution in [0.1, 0.15) is 40.0 Å². The van der Waals surface area contributed by atoms with Crippen molar-refractivity contribution < 1.29 is 0 Å². The van der Waals surface area contributed by atoms with Crippen molar-refractivity contribution in [3.8, 4) is 0 Å². The third-order valence-electron chi connectivity index (χ3n) is 4.75. The highest BCUT2D eigenvalue weighted by atomic mass is 15.2. The lowest BCUT2D eigenvalue weighted by molar-refractivity contribution is 0.218. The molecule has 1 aromatic rings. The molecular formula is C18H30N2. The zero-order chi connectivity index (χ0) is 14.4. The monoisotopic (exact) mass is 274 g/mol. The van der Waals surface area contributed by atoms with Crippen LogP contribution >= 0.6 is 0 Å². The van der Waals surface area contributed by atoms with E-state index in [0.29, 0.717) is 6.04 Å². The highest BCUT2D eigenvalue weighted by molar-refractivity contribution is 5.42. The van der Waals surface area contributed by atoms with E-state index in [-0.39, 0.29) is 0 Å². The van der Waals surface area contributed by atoms with Crippen LogP contribution in [0.4, 0.5) is 5.69 Å². The first-order valence-electron chi connectivity index (χ1n) is 8.20. The zero-order valence-electron chi connectivity index (χ0n) is 13.3. The maximum Gasteiger partial charge on any atom is 0.0340 e. The molecule has 1 fully saturated rings. The van der Waals surface area contributed by atoms with Gasteiger partial charge in [-0.2, -0.15) is 0 Å². The number of benzene rings is 1. The van der Waals surface area contributed by atoms with Gasteiger partial charge in [-0.05, 0) is 63.2 Å². The van der Waals surface area contributed by atoms with Gasteiger partial charge >= 0.3 is 0 Å². The summed E-state index contributed by atoms with van der Waals surface area (Å²) in [6.45, 7) is 10.7. The number of hydrogen-bond acceptors (Lipinski definition) is 2. The second kappa shape index (κ2) is 7.68. The number of likely N-dealkylation sites (tertiary alicyclic amines) is 1. The van der Waals surface area contributed by atoms with E-state index in [0.717, 1.165) is 18.4 Å². The van der Waals surface area contributed by atoms with Gasteiger partial charge in [0.25, 0.3) is 0 Å². The molecule has 112 valence electrons. The van der Waals surface area contributed by atoms with Crippen LogP contribution in [0.3, 0.4) is 0 Å². The molecule has 1 heterocycles. The minimum absolute atomic E-state index is 0.612. The highest BCUT2D eigenvalue weighted by Crippen LogP contribution is 2.25. The Bertz CT molecular complexity index is 374. The molecule has 0 amide bonds. The molecule has 2 rings (SSSR count). The fourth-order valence-corrected chi connectivity index (χ4v) is 3.20. The molecule has 2 heteroatoms. The fraction of sp³-hybridized carbons (Fsp3) is 0.667. The number of nitrogens with one attached hydrogen (secondary N) is 1. The maximum atomic E-state index is 3.55. The van der Waals surface area contributed by atoms with Crippen molar-refractivity contribution in [3.63, 3.8) is 0 Å². The fourth-order valence-electron chi connectivity index (χ4n) is 3.20. The Hall–Kier alpha value is -1.02. The molecule has 0 bridgehead atoms. The van der Waals surface area contributed by atoms with Crippen LogP contribution < -0.4 is 5.32 Å². The Morgan fingerprint density at radius 3 is 2.55 bits per heavy atom. The van der Waals surface area contributed by atoms with Gasteiger partial charge in [0, 0.05) is 18.3 Å². The van der Waals surface area contributed by atoms with Crippen molar-refractivity contribution in [2.24, 2.45) is 11.8 Å². The summed E-state index contributed by atoms with van der Waals surface area (Å²) in [6.07, 6.45) is 4.14. The zero-order valence-corrected chi connectivity index (χ0v) is 13.3. The van der Waals surface area contributed by atoms with Crippen LogP contribution in [0.5, 0.6) is 0 Å². The van der Waals surface area contributed by atoms with Crippen molar-refractivity contribution in [3.05, 3.63) is 30.3 Å². The lowest BCUT2D eigenvalue weighted by Gasteiger charge is -2.28. The molecule has 1 aliphatic heterocycles. The molecule has 1 N–H and O–H groups in total. The molecule has 0 radical (unpaired) electrons. The van der Waals surface area contributed by atoms with Crippen LogP contribution in [-0.4, -0.2) is 30.6 Å². The Balaban J connectivity index is 1.79. The molecule has 20 heavy (non-hydrogen) atoms. The van der Waals surface area contributed by atoms with Gasteiger partial charge in [0.05, 0.1) is 0 Å². The molecule has 2 unspecified atom stereocenters.